The van der Waals surface area contributed by atoms with Gasteiger partial charge in [0.25, 0.3) is 5.69 Å². The first-order valence-corrected chi connectivity index (χ1v) is 7.31. The van der Waals surface area contributed by atoms with Crippen molar-refractivity contribution in [3.63, 3.8) is 0 Å². The summed E-state index contributed by atoms with van der Waals surface area (Å²) in [4.78, 5) is 21.5. The number of nitrogens with zero attached hydrogens (tertiary/aromatic N) is 1. The van der Waals surface area contributed by atoms with Gasteiger partial charge in [-0.15, -0.1) is 11.8 Å². The zero-order chi connectivity index (χ0) is 16.9. The van der Waals surface area contributed by atoms with E-state index in [9.17, 15) is 28.1 Å². The third-order valence-corrected chi connectivity index (χ3v) is 3.77. The second-order valence-electron chi connectivity index (χ2n) is 4.43. The van der Waals surface area contributed by atoms with Crippen molar-refractivity contribution in [3.05, 3.63) is 33.9 Å². The maximum Gasteiger partial charge on any atom is 0.416 e. The third kappa shape index (κ3) is 5.21. The summed E-state index contributed by atoms with van der Waals surface area (Å²) in [5.41, 5.74) is -1.79. The molecule has 9 heteroatoms. The Balaban J connectivity index is 2.87. The van der Waals surface area contributed by atoms with Crippen LogP contribution in [0.4, 0.5) is 18.9 Å². The number of benzene rings is 1. The van der Waals surface area contributed by atoms with E-state index in [0.717, 1.165) is 23.9 Å². The van der Waals surface area contributed by atoms with Gasteiger partial charge in [0.05, 0.1) is 27.2 Å². The van der Waals surface area contributed by atoms with E-state index >= 15 is 0 Å². The molecule has 22 heavy (non-hydrogen) atoms. The van der Waals surface area contributed by atoms with Crippen molar-refractivity contribution < 1.29 is 27.6 Å². The fourth-order valence-corrected chi connectivity index (χ4v) is 2.22. The van der Waals surface area contributed by atoms with Crippen LogP contribution in [-0.2, 0) is 15.7 Å². The molecule has 0 N–H and O–H groups in total. The fourth-order valence-electron chi connectivity index (χ4n) is 1.44. The first-order chi connectivity index (χ1) is 10.1. The predicted octanol–water partition coefficient (Wildman–Crippen LogP) is 4.05. The second-order valence-corrected chi connectivity index (χ2v) is 5.45. The smallest absolute Gasteiger partial charge is 0.416 e. The third-order valence-electron chi connectivity index (χ3n) is 2.74. The van der Waals surface area contributed by atoms with Crippen molar-refractivity contribution in [3.8, 4) is 0 Å². The summed E-state index contributed by atoms with van der Waals surface area (Å²) in [6, 6.07) is 2.19. The maximum absolute atomic E-state index is 12.6. The van der Waals surface area contributed by atoms with Crippen molar-refractivity contribution in [2.75, 3.05) is 5.75 Å². The quantitative estimate of drug-likeness (QED) is 0.339. The van der Waals surface area contributed by atoms with Gasteiger partial charge in [0.2, 0.25) is 0 Å². The van der Waals surface area contributed by atoms with Crippen LogP contribution in [0, 0.1) is 10.1 Å². The number of nitro groups is 1. The number of hydrogen-bond donors (Lipinski definition) is 0. The van der Waals surface area contributed by atoms with Crippen LogP contribution in [0.2, 0.25) is 0 Å². The van der Waals surface area contributed by atoms with Crippen molar-refractivity contribution in [2.45, 2.75) is 37.4 Å². The van der Waals surface area contributed by atoms with Gasteiger partial charge in [0.1, 0.15) is 0 Å². The number of ether oxygens (including phenoxy) is 1. The molecule has 0 aliphatic carbocycles. The Morgan fingerprint density at radius 1 is 1.45 bits per heavy atom. The molecule has 0 spiro atoms. The molecule has 1 atom stereocenters. The lowest BCUT2D eigenvalue weighted by atomic mass is 10.2. The number of halogens is 3. The van der Waals surface area contributed by atoms with E-state index in [1.165, 1.54) is 0 Å². The van der Waals surface area contributed by atoms with Crippen LogP contribution in [-0.4, -0.2) is 22.7 Å². The summed E-state index contributed by atoms with van der Waals surface area (Å²) in [5.74, 6) is -0.787. The number of nitro benzene ring substituents is 1. The standard InChI is InChI=1S/C13H14F3NO4S/c1-3-8(2)21-12(18)7-22-11-5-4-9(13(14,15)16)6-10(11)17(19)20/h4-6,8H,3,7H2,1-2H3/t8-/m0/s1. The molecule has 0 bridgehead atoms. The van der Waals surface area contributed by atoms with Crippen LogP contribution in [0.5, 0.6) is 0 Å². The monoisotopic (exact) mass is 337 g/mol. The Labute approximate surface area is 129 Å². The lowest BCUT2D eigenvalue weighted by Gasteiger charge is -2.11. The summed E-state index contributed by atoms with van der Waals surface area (Å²) < 4.78 is 42.7. The van der Waals surface area contributed by atoms with Crippen molar-refractivity contribution in [1.29, 1.82) is 0 Å². The SMILES string of the molecule is CC[C@H](C)OC(=O)CSc1ccc(C(F)(F)F)cc1[N+](=O)[O-]. The van der Waals surface area contributed by atoms with Gasteiger partial charge in [-0.1, -0.05) is 6.92 Å². The van der Waals surface area contributed by atoms with E-state index in [1.54, 1.807) is 6.92 Å². The molecule has 0 saturated carbocycles. The van der Waals surface area contributed by atoms with E-state index in [4.69, 9.17) is 4.74 Å². The molecule has 1 rings (SSSR count). The molecule has 0 heterocycles. The molecule has 122 valence electrons. The van der Waals surface area contributed by atoms with Crippen LogP contribution < -0.4 is 0 Å². The molecule has 0 aromatic heterocycles. The molecule has 5 nitrogen and oxygen atoms in total. The number of carbonyl (C=O) groups excluding carboxylic acids is 1. The van der Waals surface area contributed by atoms with Crippen LogP contribution in [0.25, 0.3) is 0 Å². The van der Waals surface area contributed by atoms with Crippen molar-refractivity contribution in [2.24, 2.45) is 0 Å². The molecule has 1 aromatic carbocycles. The summed E-state index contributed by atoms with van der Waals surface area (Å²) in [5, 5.41) is 10.9. The molecule has 0 unspecified atom stereocenters. The Morgan fingerprint density at radius 2 is 2.09 bits per heavy atom. The van der Waals surface area contributed by atoms with Gasteiger partial charge in [-0.2, -0.15) is 13.2 Å². The molecule has 0 amide bonds. The number of esters is 1. The van der Waals surface area contributed by atoms with E-state index in [0.29, 0.717) is 12.5 Å². The van der Waals surface area contributed by atoms with Crippen LogP contribution in [0.3, 0.4) is 0 Å². The molecular formula is C13H14F3NO4S. The lowest BCUT2D eigenvalue weighted by molar-refractivity contribution is -0.388. The van der Waals surface area contributed by atoms with Gasteiger partial charge in [0.15, 0.2) is 0 Å². The highest BCUT2D eigenvalue weighted by molar-refractivity contribution is 8.00. The molecular weight excluding hydrogens is 323 g/mol. The lowest BCUT2D eigenvalue weighted by Crippen LogP contribution is -2.15. The van der Waals surface area contributed by atoms with Gasteiger partial charge >= 0.3 is 12.1 Å². The summed E-state index contributed by atoms with van der Waals surface area (Å²) in [7, 11) is 0. The number of thioether (sulfide) groups is 1. The highest BCUT2D eigenvalue weighted by Crippen LogP contribution is 2.36. The average molecular weight is 337 g/mol. The molecule has 1 aromatic rings. The number of rotatable bonds is 6. The molecule has 0 saturated heterocycles. The van der Waals surface area contributed by atoms with Crippen molar-refractivity contribution >= 4 is 23.4 Å². The highest BCUT2D eigenvalue weighted by atomic mass is 32.2. The summed E-state index contributed by atoms with van der Waals surface area (Å²) in [6.45, 7) is 3.52. The summed E-state index contributed by atoms with van der Waals surface area (Å²) >= 11 is 0.772. The van der Waals surface area contributed by atoms with Gasteiger partial charge in [-0.05, 0) is 25.5 Å². The van der Waals surface area contributed by atoms with Gasteiger partial charge in [-0.3, -0.25) is 14.9 Å². The average Bonchev–Trinajstić information content (AvgIpc) is 2.43. The largest absolute Gasteiger partial charge is 0.462 e. The zero-order valence-corrected chi connectivity index (χ0v) is 12.7. The molecule has 0 radical (unpaired) electrons. The van der Waals surface area contributed by atoms with E-state index in [1.807, 2.05) is 6.92 Å². The van der Waals surface area contributed by atoms with Crippen LogP contribution in [0.1, 0.15) is 25.8 Å². The topological polar surface area (TPSA) is 69.4 Å². The van der Waals surface area contributed by atoms with E-state index in [2.05, 4.69) is 0 Å². The van der Waals surface area contributed by atoms with Crippen LogP contribution in [0.15, 0.2) is 23.1 Å². The summed E-state index contributed by atoms with van der Waals surface area (Å²) in [6.07, 6.45) is -4.32. The molecule has 0 fully saturated rings. The molecule has 0 aliphatic heterocycles. The van der Waals surface area contributed by atoms with E-state index in [-0.39, 0.29) is 16.8 Å². The Bertz CT molecular complexity index is 563. The second kappa shape index (κ2) is 7.48. The minimum atomic E-state index is -4.66. The Hall–Kier alpha value is -1.77. The minimum Gasteiger partial charge on any atom is -0.462 e. The predicted molar refractivity (Wildman–Crippen MR) is 74.7 cm³/mol. The normalized spacial score (nSPS) is 12.8. The van der Waals surface area contributed by atoms with Crippen LogP contribution >= 0.6 is 11.8 Å². The van der Waals surface area contributed by atoms with E-state index < -0.39 is 28.3 Å². The fraction of sp³-hybridized carbons (Fsp3) is 0.462. The maximum atomic E-state index is 12.6. The van der Waals surface area contributed by atoms with Gasteiger partial charge in [0, 0.05) is 6.07 Å². The minimum absolute atomic E-state index is 0.0147. The number of hydrogen-bond acceptors (Lipinski definition) is 5. The number of alkyl halides is 3. The first kappa shape index (κ1) is 18.3. The van der Waals surface area contributed by atoms with Crippen molar-refractivity contribution in [1.82, 2.24) is 0 Å². The Kier molecular flexibility index (Phi) is 6.21. The molecule has 0 aliphatic rings. The van der Waals surface area contributed by atoms with Gasteiger partial charge in [-0.25, -0.2) is 0 Å². The van der Waals surface area contributed by atoms with Gasteiger partial charge < -0.3 is 4.74 Å². The first-order valence-electron chi connectivity index (χ1n) is 6.33. The zero-order valence-electron chi connectivity index (χ0n) is 11.8. The Morgan fingerprint density at radius 3 is 2.59 bits per heavy atom. The number of carbonyl (C=O) groups is 1. The highest BCUT2D eigenvalue weighted by Gasteiger charge is 2.33.